The minimum absolute atomic E-state index is 0.0513. The summed E-state index contributed by atoms with van der Waals surface area (Å²) >= 11 is 0. The van der Waals surface area contributed by atoms with Crippen LogP contribution in [0, 0.1) is 10.1 Å². The van der Waals surface area contributed by atoms with E-state index in [1.54, 1.807) is 12.1 Å². The highest BCUT2D eigenvalue weighted by Crippen LogP contribution is 2.21. The maximum absolute atomic E-state index is 11.8. The highest BCUT2D eigenvalue weighted by atomic mass is 16.6. The predicted octanol–water partition coefficient (Wildman–Crippen LogP) is 3.40. The predicted molar refractivity (Wildman–Crippen MR) is 97.0 cm³/mol. The SMILES string of the molecule is C=CCc1cccc2cc(C(N)=O)c(=Nc3ccc([N+](=O)[O-])cc3)oc12. The van der Waals surface area contributed by atoms with Crippen molar-refractivity contribution in [3.63, 3.8) is 0 Å². The van der Waals surface area contributed by atoms with E-state index in [0.29, 0.717) is 17.7 Å². The number of nitro groups is 1. The minimum atomic E-state index is -0.676. The summed E-state index contributed by atoms with van der Waals surface area (Å²) in [6, 6.07) is 12.8. The molecular formula is C19H15N3O4. The third-order valence-electron chi connectivity index (χ3n) is 3.78. The van der Waals surface area contributed by atoms with Gasteiger partial charge in [0, 0.05) is 17.5 Å². The van der Waals surface area contributed by atoms with Gasteiger partial charge in [0.1, 0.15) is 11.1 Å². The van der Waals surface area contributed by atoms with Gasteiger partial charge in [-0.05, 0) is 30.2 Å². The first-order chi connectivity index (χ1) is 12.5. The first-order valence-corrected chi connectivity index (χ1v) is 7.75. The second-order valence-corrected chi connectivity index (χ2v) is 5.54. The number of hydrogen-bond acceptors (Lipinski definition) is 5. The highest BCUT2D eigenvalue weighted by molar-refractivity contribution is 5.95. The zero-order valence-electron chi connectivity index (χ0n) is 13.7. The molecule has 2 N–H and O–H groups in total. The Kier molecular flexibility index (Phi) is 4.62. The van der Waals surface area contributed by atoms with Crippen LogP contribution in [0.4, 0.5) is 11.4 Å². The number of primary amides is 1. The Bertz CT molecular complexity index is 1080. The molecule has 0 unspecified atom stereocenters. The van der Waals surface area contributed by atoms with Crippen molar-refractivity contribution in [1.82, 2.24) is 0 Å². The summed E-state index contributed by atoms with van der Waals surface area (Å²) in [6.45, 7) is 3.73. The first-order valence-electron chi connectivity index (χ1n) is 7.75. The van der Waals surface area contributed by atoms with Gasteiger partial charge in [0.25, 0.3) is 11.6 Å². The van der Waals surface area contributed by atoms with Gasteiger partial charge >= 0.3 is 0 Å². The summed E-state index contributed by atoms with van der Waals surface area (Å²) < 4.78 is 5.87. The number of benzene rings is 2. The molecule has 1 aromatic heterocycles. The molecule has 0 fully saturated rings. The lowest BCUT2D eigenvalue weighted by atomic mass is 10.1. The Balaban J connectivity index is 2.23. The summed E-state index contributed by atoms with van der Waals surface area (Å²) in [6.07, 6.45) is 2.34. The van der Waals surface area contributed by atoms with E-state index in [-0.39, 0.29) is 16.8 Å². The molecule has 0 saturated carbocycles. The molecule has 1 heterocycles. The molecule has 0 saturated heterocycles. The van der Waals surface area contributed by atoms with Crippen molar-refractivity contribution in [2.24, 2.45) is 10.7 Å². The van der Waals surface area contributed by atoms with Gasteiger partial charge in [-0.2, -0.15) is 0 Å². The number of rotatable bonds is 5. The van der Waals surface area contributed by atoms with Crippen molar-refractivity contribution in [1.29, 1.82) is 0 Å². The van der Waals surface area contributed by atoms with Gasteiger partial charge in [-0.1, -0.05) is 24.3 Å². The van der Waals surface area contributed by atoms with Gasteiger partial charge in [0.15, 0.2) is 0 Å². The molecule has 7 heteroatoms. The molecule has 0 spiro atoms. The van der Waals surface area contributed by atoms with Crippen LogP contribution in [0.1, 0.15) is 15.9 Å². The lowest BCUT2D eigenvalue weighted by Gasteiger charge is -2.06. The van der Waals surface area contributed by atoms with Crippen LogP contribution in [-0.4, -0.2) is 10.8 Å². The van der Waals surface area contributed by atoms with Crippen LogP contribution in [-0.2, 0) is 6.42 Å². The number of allylic oxidation sites excluding steroid dienone is 1. The fourth-order valence-electron chi connectivity index (χ4n) is 2.55. The molecule has 0 atom stereocenters. The molecule has 3 aromatic rings. The Hall–Kier alpha value is -3.74. The summed E-state index contributed by atoms with van der Waals surface area (Å²) in [5.74, 6) is -0.676. The fourth-order valence-corrected chi connectivity index (χ4v) is 2.55. The van der Waals surface area contributed by atoms with Crippen molar-refractivity contribution in [3.8, 4) is 0 Å². The number of non-ortho nitro benzene ring substituents is 1. The average Bonchev–Trinajstić information content (AvgIpc) is 2.62. The Morgan fingerprint density at radius 3 is 2.62 bits per heavy atom. The molecule has 1 amide bonds. The van der Waals surface area contributed by atoms with Crippen LogP contribution in [0.3, 0.4) is 0 Å². The van der Waals surface area contributed by atoms with E-state index in [2.05, 4.69) is 11.6 Å². The zero-order valence-corrected chi connectivity index (χ0v) is 13.7. The van der Waals surface area contributed by atoms with E-state index in [1.807, 2.05) is 18.2 Å². The minimum Gasteiger partial charge on any atom is -0.437 e. The fraction of sp³-hybridized carbons (Fsp3) is 0.0526. The second-order valence-electron chi connectivity index (χ2n) is 5.54. The molecule has 0 aliphatic rings. The average molecular weight is 349 g/mol. The number of amides is 1. The van der Waals surface area contributed by atoms with Crippen LogP contribution in [0.2, 0.25) is 0 Å². The van der Waals surface area contributed by atoms with E-state index in [4.69, 9.17) is 10.2 Å². The maximum Gasteiger partial charge on any atom is 0.269 e. The van der Waals surface area contributed by atoms with Crippen molar-refractivity contribution >= 4 is 28.3 Å². The Morgan fingerprint density at radius 1 is 1.27 bits per heavy atom. The third kappa shape index (κ3) is 3.36. The monoisotopic (exact) mass is 349 g/mol. The summed E-state index contributed by atoms with van der Waals surface area (Å²) in [7, 11) is 0. The van der Waals surface area contributed by atoms with Crippen LogP contribution >= 0.6 is 0 Å². The van der Waals surface area contributed by atoms with Crippen LogP contribution in [0.5, 0.6) is 0 Å². The van der Waals surface area contributed by atoms with E-state index in [9.17, 15) is 14.9 Å². The lowest BCUT2D eigenvalue weighted by molar-refractivity contribution is -0.384. The molecule has 0 aliphatic carbocycles. The van der Waals surface area contributed by atoms with Crippen LogP contribution < -0.4 is 11.3 Å². The van der Waals surface area contributed by atoms with Crippen LogP contribution in [0.15, 0.2) is 70.6 Å². The topological polar surface area (TPSA) is 112 Å². The number of carbonyl (C=O) groups excluding carboxylic acids is 1. The standard InChI is InChI=1S/C19H15N3O4/c1-2-4-12-5-3-6-13-11-16(18(20)23)19(26-17(12)13)21-14-7-9-15(10-8-14)22(24)25/h2-3,5-11H,1,4H2,(H2,20,23). The van der Waals surface area contributed by atoms with E-state index >= 15 is 0 Å². The Morgan fingerprint density at radius 2 is 2.00 bits per heavy atom. The second kappa shape index (κ2) is 7.02. The largest absolute Gasteiger partial charge is 0.437 e. The van der Waals surface area contributed by atoms with Crippen molar-refractivity contribution in [2.45, 2.75) is 6.42 Å². The molecule has 7 nitrogen and oxygen atoms in total. The summed E-state index contributed by atoms with van der Waals surface area (Å²) in [4.78, 5) is 26.4. The molecule has 3 rings (SSSR count). The van der Waals surface area contributed by atoms with Crippen molar-refractivity contribution < 1.29 is 14.1 Å². The molecular weight excluding hydrogens is 334 g/mol. The first kappa shape index (κ1) is 17.1. The molecule has 2 aromatic carbocycles. The normalized spacial score (nSPS) is 11.5. The van der Waals surface area contributed by atoms with Crippen molar-refractivity contribution in [3.05, 3.63) is 88.0 Å². The van der Waals surface area contributed by atoms with Gasteiger partial charge in [-0.25, -0.2) is 4.99 Å². The van der Waals surface area contributed by atoms with E-state index < -0.39 is 10.8 Å². The lowest BCUT2D eigenvalue weighted by Crippen LogP contribution is -2.21. The third-order valence-corrected chi connectivity index (χ3v) is 3.78. The Labute approximate surface area is 148 Å². The maximum atomic E-state index is 11.8. The zero-order chi connectivity index (χ0) is 18.7. The number of hydrogen-bond donors (Lipinski definition) is 1. The summed E-state index contributed by atoms with van der Waals surface area (Å²) in [5.41, 5.74) is 7.47. The molecule has 26 heavy (non-hydrogen) atoms. The van der Waals surface area contributed by atoms with Gasteiger partial charge in [0.2, 0.25) is 5.55 Å². The van der Waals surface area contributed by atoms with E-state index in [1.165, 1.54) is 24.3 Å². The molecule has 0 bridgehead atoms. The van der Waals surface area contributed by atoms with Gasteiger partial charge in [-0.15, -0.1) is 6.58 Å². The van der Waals surface area contributed by atoms with Gasteiger partial charge in [0.05, 0.1) is 10.6 Å². The number of nitrogens with zero attached hydrogens (tertiary/aromatic N) is 2. The van der Waals surface area contributed by atoms with Crippen LogP contribution in [0.25, 0.3) is 11.0 Å². The molecule has 0 aliphatic heterocycles. The molecule has 130 valence electrons. The number of nitrogens with two attached hydrogens (primary N) is 1. The number of carbonyl (C=O) groups is 1. The van der Waals surface area contributed by atoms with Gasteiger partial charge in [-0.3, -0.25) is 14.9 Å². The van der Waals surface area contributed by atoms with Gasteiger partial charge < -0.3 is 10.2 Å². The summed E-state index contributed by atoms with van der Waals surface area (Å²) in [5, 5.41) is 11.5. The quantitative estimate of drug-likeness (QED) is 0.432. The van der Waals surface area contributed by atoms with Crippen molar-refractivity contribution in [2.75, 3.05) is 0 Å². The number of nitro benzene ring substituents is 1. The van der Waals surface area contributed by atoms with E-state index in [0.717, 1.165) is 10.9 Å². The smallest absolute Gasteiger partial charge is 0.269 e. The number of para-hydroxylation sites is 1. The highest BCUT2D eigenvalue weighted by Gasteiger charge is 2.12. The number of fused-ring (bicyclic) bond motifs is 1. The molecule has 0 radical (unpaired) electrons.